The van der Waals surface area contributed by atoms with Crippen molar-refractivity contribution < 1.29 is 4.79 Å². The fourth-order valence-electron chi connectivity index (χ4n) is 3.72. The number of amides is 1. The van der Waals surface area contributed by atoms with Crippen LogP contribution in [0, 0.1) is 20.8 Å². The van der Waals surface area contributed by atoms with Gasteiger partial charge in [-0.05, 0) is 45.4 Å². The maximum atomic E-state index is 13.0. The third-order valence-electron chi connectivity index (χ3n) is 5.72. The minimum Gasteiger partial charge on any atom is -0.319 e. The van der Waals surface area contributed by atoms with E-state index in [-0.39, 0.29) is 28.5 Å². The van der Waals surface area contributed by atoms with Gasteiger partial charge in [-0.15, -0.1) is 11.3 Å². The highest BCUT2D eigenvalue weighted by Crippen LogP contribution is 2.28. The van der Waals surface area contributed by atoms with E-state index in [1.165, 1.54) is 27.8 Å². The molecule has 0 aliphatic rings. The van der Waals surface area contributed by atoms with Crippen LogP contribution in [0.5, 0.6) is 0 Å². The molecule has 0 radical (unpaired) electrons. The Labute approximate surface area is 198 Å². The highest BCUT2D eigenvalue weighted by atomic mass is 32.2. The smallest absolute Gasteiger partial charge is 0.295 e. The molecule has 3 aromatic heterocycles. The molecular weight excluding hydrogens is 458 g/mol. The quantitative estimate of drug-likeness (QED) is 0.334. The lowest BCUT2D eigenvalue weighted by Gasteiger charge is -2.10. The summed E-state index contributed by atoms with van der Waals surface area (Å²) in [5.74, 6) is -0.304. The van der Waals surface area contributed by atoms with Crippen molar-refractivity contribution in [3.05, 3.63) is 67.2 Å². The average molecular weight is 484 g/mol. The number of aryl methyl sites for hydroxylation is 2. The van der Waals surface area contributed by atoms with Gasteiger partial charge in [-0.2, -0.15) is 0 Å². The van der Waals surface area contributed by atoms with E-state index in [1.807, 2.05) is 51.1 Å². The molecule has 0 aliphatic carbocycles. The van der Waals surface area contributed by atoms with Crippen molar-refractivity contribution >= 4 is 44.9 Å². The van der Waals surface area contributed by atoms with Crippen LogP contribution < -0.4 is 16.4 Å². The minimum atomic E-state index is -0.332. The molecule has 0 aliphatic heterocycles. The van der Waals surface area contributed by atoms with E-state index in [0.29, 0.717) is 33.3 Å². The molecule has 1 amide bonds. The van der Waals surface area contributed by atoms with Crippen molar-refractivity contribution in [1.29, 1.82) is 0 Å². The second-order valence-corrected chi connectivity index (χ2v) is 9.83. The highest BCUT2D eigenvalue weighted by molar-refractivity contribution is 7.99. The fourth-order valence-corrected chi connectivity index (χ4v) is 5.65. The number of nitrogens with zero attached hydrogens (tertiary/aromatic N) is 4. The van der Waals surface area contributed by atoms with Crippen LogP contribution in [-0.4, -0.2) is 30.6 Å². The Morgan fingerprint density at radius 2 is 1.82 bits per heavy atom. The van der Waals surface area contributed by atoms with Gasteiger partial charge in [0.05, 0.1) is 22.5 Å². The largest absolute Gasteiger partial charge is 0.319 e. The number of aromatic nitrogens is 4. The minimum absolute atomic E-state index is 0.0282. The van der Waals surface area contributed by atoms with Gasteiger partial charge in [-0.3, -0.25) is 23.6 Å². The third-order valence-corrected chi connectivity index (χ3v) is 7.80. The van der Waals surface area contributed by atoms with E-state index >= 15 is 0 Å². The van der Waals surface area contributed by atoms with Crippen LogP contribution in [0.15, 0.2) is 45.1 Å². The summed E-state index contributed by atoms with van der Waals surface area (Å²) in [5, 5.41) is 3.90. The maximum Gasteiger partial charge on any atom is 0.295 e. The van der Waals surface area contributed by atoms with Gasteiger partial charge in [0.2, 0.25) is 5.91 Å². The van der Waals surface area contributed by atoms with Gasteiger partial charge in [0.1, 0.15) is 10.5 Å². The van der Waals surface area contributed by atoms with E-state index in [4.69, 9.17) is 0 Å². The van der Waals surface area contributed by atoms with Crippen LogP contribution in [0.4, 0.5) is 5.69 Å². The maximum absolute atomic E-state index is 13.0. The Kier molecular flexibility index (Phi) is 6.31. The molecule has 0 spiro atoms. The standard InChI is InChI=1S/C23H25N5O3S2/c1-6-27-21(30)18-13(2)15(4)33-20(18)25-23(27)32-12-17(29)24-19-14(3)26(5)28(22(19)31)16-10-8-7-9-11-16/h7-11H,6,12H2,1-5H3,(H,24,29). The number of rotatable bonds is 6. The number of anilines is 1. The van der Waals surface area contributed by atoms with Gasteiger partial charge in [-0.25, -0.2) is 9.67 Å². The fraction of sp³-hybridized carbons (Fsp3) is 0.304. The summed E-state index contributed by atoms with van der Waals surface area (Å²) in [6, 6.07) is 9.26. The molecule has 33 heavy (non-hydrogen) atoms. The predicted octanol–water partition coefficient (Wildman–Crippen LogP) is 3.62. The molecule has 1 N–H and O–H groups in total. The third kappa shape index (κ3) is 4.04. The first-order valence-corrected chi connectivity index (χ1v) is 12.3. The van der Waals surface area contributed by atoms with Crippen molar-refractivity contribution in [2.75, 3.05) is 11.1 Å². The van der Waals surface area contributed by atoms with Gasteiger partial charge >= 0.3 is 0 Å². The molecule has 4 rings (SSSR count). The second kappa shape index (κ2) is 9.03. The molecule has 0 saturated carbocycles. The molecule has 10 heteroatoms. The number of thiophene rings is 1. The van der Waals surface area contributed by atoms with Crippen LogP contribution in [0.1, 0.15) is 23.1 Å². The van der Waals surface area contributed by atoms with E-state index in [0.717, 1.165) is 10.4 Å². The number of hydrogen-bond donors (Lipinski definition) is 1. The Bertz CT molecular complexity index is 1480. The van der Waals surface area contributed by atoms with Crippen LogP contribution >= 0.6 is 23.1 Å². The number of para-hydroxylation sites is 1. The van der Waals surface area contributed by atoms with Gasteiger partial charge in [0.15, 0.2) is 5.16 Å². The van der Waals surface area contributed by atoms with Crippen molar-refractivity contribution in [3.8, 4) is 5.69 Å². The average Bonchev–Trinajstić information content (AvgIpc) is 3.20. The van der Waals surface area contributed by atoms with Crippen LogP contribution in [-0.2, 0) is 18.4 Å². The molecule has 0 bridgehead atoms. The van der Waals surface area contributed by atoms with E-state index in [1.54, 1.807) is 23.2 Å². The van der Waals surface area contributed by atoms with Crippen LogP contribution in [0.2, 0.25) is 0 Å². The zero-order chi connectivity index (χ0) is 23.9. The topological polar surface area (TPSA) is 90.9 Å². The van der Waals surface area contributed by atoms with E-state index in [9.17, 15) is 14.4 Å². The summed E-state index contributed by atoms with van der Waals surface area (Å²) >= 11 is 2.68. The summed E-state index contributed by atoms with van der Waals surface area (Å²) in [7, 11) is 1.78. The summed E-state index contributed by atoms with van der Waals surface area (Å²) in [6.45, 7) is 8.03. The Morgan fingerprint density at radius 1 is 1.12 bits per heavy atom. The number of carbonyl (C=O) groups is 1. The molecule has 172 valence electrons. The number of benzene rings is 1. The van der Waals surface area contributed by atoms with Crippen LogP contribution in [0.3, 0.4) is 0 Å². The lowest BCUT2D eigenvalue weighted by molar-refractivity contribution is -0.113. The van der Waals surface area contributed by atoms with Crippen molar-refractivity contribution in [2.45, 2.75) is 39.4 Å². The lowest BCUT2D eigenvalue weighted by Crippen LogP contribution is -2.25. The highest BCUT2D eigenvalue weighted by Gasteiger charge is 2.20. The molecular formula is C23H25N5O3S2. The number of fused-ring (bicyclic) bond motifs is 1. The Balaban J connectivity index is 1.58. The number of hydrogen-bond acceptors (Lipinski definition) is 6. The molecule has 0 saturated heterocycles. The van der Waals surface area contributed by atoms with Gasteiger partial charge in [0, 0.05) is 18.5 Å². The van der Waals surface area contributed by atoms with Gasteiger partial charge < -0.3 is 5.32 Å². The molecule has 0 atom stereocenters. The van der Waals surface area contributed by atoms with Gasteiger partial charge in [-0.1, -0.05) is 30.0 Å². The zero-order valence-electron chi connectivity index (χ0n) is 19.1. The van der Waals surface area contributed by atoms with Crippen molar-refractivity contribution in [1.82, 2.24) is 18.9 Å². The molecule has 1 aromatic carbocycles. The van der Waals surface area contributed by atoms with Gasteiger partial charge in [0.25, 0.3) is 11.1 Å². The summed E-state index contributed by atoms with van der Waals surface area (Å²) < 4.78 is 4.82. The Hall–Kier alpha value is -3.11. The first kappa shape index (κ1) is 23.1. The second-order valence-electron chi connectivity index (χ2n) is 7.68. The summed E-state index contributed by atoms with van der Waals surface area (Å²) in [4.78, 5) is 45.1. The first-order valence-electron chi connectivity index (χ1n) is 10.5. The van der Waals surface area contributed by atoms with Crippen molar-refractivity contribution in [2.24, 2.45) is 7.05 Å². The summed E-state index contributed by atoms with van der Waals surface area (Å²) in [6.07, 6.45) is 0. The summed E-state index contributed by atoms with van der Waals surface area (Å²) in [5.41, 5.74) is 2.18. The van der Waals surface area contributed by atoms with Crippen molar-refractivity contribution in [3.63, 3.8) is 0 Å². The molecule has 0 fully saturated rings. The normalized spacial score (nSPS) is 11.3. The predicted molar refractivity (Wildman–Crippen MR) is 134 cm³/mol. The molecule has 8 nitrogen and oxygen atoms in total. The zero-order valence-corrected chi connectivity index (χ0v) is 20.8. The molecule has 0 unspecified atom stereocenters. The first-order chi connectivity index (χ1) is 15.7. The molecule has 4 aromatic rings. The SMILES string of the molecule is CCn1c(SCC(=O)Nc2c(C)n(C)n(-c3ccccc3)c2=O)nc2sc(C)c(C)c2c1=O. The molecule has 3 heterocycles. The lowest BCUT2D eigenvalue weighted by atomic mass is 10.2. The van der Waals surface area contributed by atoms with Crippen LogP contribution in [0.25, 0.3) is 15.9 Å². The number of nitrogens with one attached hydrogen (secondary N) is 1. The number of carbonyl (C=O) groups excluding carboxylic acids is 1. The Morgan fingerprint density at radius 3 is 2.48 bits per heavy atom. The monoisotopic (exact) mass is 483 g/mol. The van der Waals surface area contributed by atoms with E-state index in [2.05, 4.69) is 10.3 Å². The number of thioether (sulfide) groups is 1. The van der Waals surface area contributed by atoms with E-state index < -0.39 is 0 Å².